The number of rotatable bonds is 9. The minimum atomic E-state index is -1.68. The van der Waals surface area contributed by atoms with E-state index < -0.39 is 8.32 Å². The van der Waals surface area contributed by atoms with Gasteiger partial charge in [0.15, 0.2) is 8.32 Å². The van der Waals surface area contributed by atoms with E-state index in [1.165, 1.54) is 6.21 Å². The van der Waals surface area contributed by atoms with Crippen molar-refractivity contribution in [1.29, 1.82) is 5.26 Å². The van der Waals surface area contributed by atoms with E-state index in [-0.39, 0.29) is 5.04 Å². The lowest BCUT2D eigenvalue weighted by Crippen LogP contribution is -2.41. The molecule has 0 aliphatic rings. The van der Waals surface area contributed by atoms with Crippen LogP contribution in [0.4, 0.5) is 0 Å². The van der Waals surface area contributed by atoms with Crippen LogP contribution in [-0.2, 0) is 4.43 Å². The standard InChI is InChI=1S/C17H30N2OSi/c1-16(15-20-21(5,6)17(2,3)4)11-9-7-8-10-13-19-14-12-18/h9,11,14H,1,7-8,10,13,15H2,2-6H3/b11-9+,19-14?. The summed E-state index contributed by atoms with van der Waals surface area (Å²) in [5.41, 5.74) is 1.03. The molecule has 0 heterocycles. The van der Waals surface area contributed by atoms with E-state index in [2.05, 4.69) is 57.6 Å². The number of hydrogen-bond acceptors (Lipinski definition) is 3. The Kier molecular flexibility index (Phi) is 9.15. The number of allylic oxidation sites excluding steroid dienone is 1. The first kappa shape index (κ1) is 19.8. The Morgan fingerprint density at radius 1 is 1.33 bits per heavy atom. The number of nitrogens with zero attached hydrogens (tertiary/aromatic N) is 2. The van der Waals surface area contributed by atoms with Crippen molar-refractivity contribution < 1.29 is 4.43 Å². The van der Waals surface area contributed by atoms with Gasteiger partial charge in [0.1, 0.15) is 6.07 Å². The maximum atomic E-state index is 8.30. The molecule has 0 aromatic carbocycles. The molecule has 0 fully saturated rings. The fourth-order valence-electron chi connectivity index (χ4n) is 1.36. The Bertz CT molecular complexity index is 411. The van der Waals surface area contributed by atoms with E-state index in [1.54, 1.807) is 0 Å². The normalized spacial score (nSPS) is 13.0. The van der Waals surface area contributed by atoms with Gasteiger partial charge in [0, 0.05) is 6.54 Å². The molecule has 0 spiro atoms. The van der Waals surface area contributed by atoms with Crippen LogP contribution < -0.4 is 0 Å². The summed E-state index contributed by atoms with van der Waals surface area (Å²) in [7, 11) is -1.68. The molecule has 0 rings (SSSR count). The summed E-state index contributed by atoms with van der Waals surface area (Å²) in [6, 6.07) is 1.89. The molecule has 0 radical (unpaired) electrons. The van der Waals surface area contributed by atoms with Gasteiger partial charge in [-0.2, -0.15) is 5.26 Å². The van der Waals surface area contributed by atoms with E-state index in [0.717, 1.165) is 31.4 Å². The third kappa shape index (κ3) is 9.38. The fourth-order valence-corrected chi connectivity index (χ4v) is 2.34. The molecule has 3 nitrogen and oxygen atoms in total. The molecule has 21 heavy (non-hydrogen) atoms. The molecule has 0 amide bonds. The van der Waals surface area contributed by atoms with Gasteiger partial charge in [0.25, 0.3) is 0 Å². The monoisotopic (exact) mass is 306 g/mol. The average Bonchev–Trinajstić information content (AvgIpc) is 2.38. The van der Waals surface area contributed by atoms with Crippen LogP contribution in [0.1, 0.15) is 40.0 Å². The quantitative estimate of drug-likeness (QED) is 0.263. The van der Waals surface area contributed by atoms with Gasteiger partial charge in [0.05, 0.1) is 12.8 Å². The van der Waals surface area contributed by atoms with Gasteiger partial charge in [-0.15, -0.1) is 0 Å². The second kappa shape index (κ2) is 9.70. The van der Waals surface area contributed by atoms with Crippen LogP contribution in [0.2, 0.25) is 18.1 Å². The molecule has 0 aromatic rings. The van der Waals surface area contributed by atoms with Crippen molar-refractivity contribution in [2.75, 3.05) is 13.2 Å². The second-order valence-electron chi connectivity index (χ2n) is 6.77. The van der Waals surface area contributed by atoms with Crippen molar-refractivity contribution in [2.24, 2.45) is 4.99 Å². The van der Waals surface area contributed by atoms with Gasteiger partial charge in [-0.05, 0) is 43.0 Å². The lowest BCUT2D eigenvalue weighted by molar-refractivity contribution is 0.322. The number of hydrogen-bond donors (Lipinski definition) is 0. The largest absolute Gasteiger partial charge is 0.413 e. The van der Waals surface area contributed by atoms with E-state index in [1.807, 2.05) is 6.07 Å². The molecule has 0 saturated heterocycles. The summed E-state index contributed by atoms with van der Waals surface area (Å²) < 4.78 is 6.12. The predicted molar refractivity (Wildman–Crippen MR) is 94.3 cm³/mol. The Labute approximate surface area is 131 Å². The van der Waals surface area contributed by atoms with Crippen molar-refractivity contribution in [3.05, 3.63) is 24.3 Å². The third-order valence-corrected chi connectivity index (χ3v) is 8.31. The molecular weight excluding hydrogens is 276 g/mol. The first-order chi connectivity index (χ1) is 9.70. The predicted octanol–water partition coefficient (Wildman–Crippen LogP) is 4.89. The zero-order valence-electron chi connectivity index (χ0n) is 14.3. The molecule has 0 atom stereocenters. The fraction of sp³-hybridized carbons (Fsp3) is 0.647. The lowest BCUT2D eigenvalue weighted by atomic mass is 10.2. The van der Waals surface area contributed by atoms with Crippen molar-refractivity contribution in [3.63, 3.8) is 0 Å². The number of nitriles is 1. The summed E-state index contributed by atoms with van der Waals surface area (Å²) in [5.74, 6) is 0. The molecular formula is C17H30N2OSi. The van der Waals surface area contributed by atoms with Gasteiger partial charge >= 0.3 is 0 Å². The van der Waals surface area contributed by atoms with Crippen LogP contribution in [0.15, 0.2) is 29.3 Å². The van der Waals surface area contributed by atoms with Crippen molar-refractivity contribution >= 4 is 14.5 Å². The Morgan fingerprint density at radius 2 is 2.00 bits per heavy atom. The van der Waals surface area contributed by atoms with E-state index >= 15 is 0 Å². The molecule has 0 N–H and O–H groups in total. The summed E-state index contributed by atoms with van der Waals surface area (Å²) in [5, 5.41) is 8.53. The van der Waals surface area contributed by atoms with Crippen LogP contribution in [0.5, 0.6) is 0 Å². The summed E-state index contributed by atoms with van der Waals surface area (Å²) >= 11 is 0. The van der Waals surface area contributed by atoms with E-state index in [0.29, 0.717) is 6.61 Å². The number of unbranched alkanes of at least 4 members (excludes halogenated alkanes) is 2. The molecule has 0 aromatic heterocycles. The Hall–Kier alpha value is -1.18. The van der Waals surface area contributed by atoms with Gasteiger partial charge in [0.2, 0.25) is 0 Å². The molecule has 0 aliphatic carbocycles. The smallest absolute Gasteiger partial charge is 0.192 e. The maximum absolute atomic E-state index is 8.30. The van der Waals surface area contributed by atoms with Crippen LogP contribution in [-0.4, -0.2) is 27.7 Å². The highest BCUT2D eigenvalue weighted by molar-refractivity contribution is 6.74. The maximum Gasteiger partial charge on any atom is 0.192 e. The minimum Gasteiger partial charge on any atom is -0.413 e. The summed E-state index contributed by atoms with van der Waals surface area (Å²) in [4.78, 5) is 3.96. The van der Waals surface area contributed by atoms with Gasteiger partial charge in [-0.25, -0.2) is 0 Å². The first-order valence-electron chi connectivity index (χ1n) is 7.57. The third-order valence-electron chi connectivity index (χ3n) is 3.84. The molecule has 0 saturated carbocycles. The van der Waals surface area contributed by atoms with Crippen molar-refractivity contribution in [1.82, 2.24) is 0 Å². The van der Waals surface area contributed by atoms with Crippen LogP contribution >= 0.6 is 0 Å². The highest BCUT2D eigenvalue weighted by Crippen LogP contribution is 2.36. The van der Waals surface area contributed by atoms with E-state index in [4.69, 9.17) is 9.69 Å². The Morgan fingerprint density at radius 3 is 2.57 bits per heavy atom. The van der Waals surface area contributed by atoms with Crippen molar-refractivity contribution in [2.45, 2.75) is 58.2 Å². The molecule has 0 bridgehead atoms. The summed E-state index contributed by atoms with van der Waals surface area (Å²) in [6.07, 6.45) is 8.61. The second-order valence-corrected chi connectivity index (χ2v) is 11.6. The number of aliphatic imine (C=N–C) groups is 1. The van der Waals surface area contributed by atoms with E-state index in [9.17, 15) is 0 Å². The zero-order valence-corrected chi connectivity index (χ0v) is 15.3. The molecule has 0 unspecified atom stereocenters. The zero-order chi connectivity index (χ0) is 16.4. The first-order valence-corrected chi connectivity index (χ1v) is 10.5. The van der Waals surface area contributed by atoms with Crippen LogP contribution in [0.3, 0.4) is 0 Å². The summed E-state index contributed by atoms with van der Waals surface area (Å²) in [6.45, 7) is 16.6. The van der Waals surface area contributed by atoms with Crippen LogP contribution in [0, 0.1) is 11.3 Å². The SMILES string of the molecule is C=C(/C=C/CCCCN=CC#N)CO[Si](C)(C)C(C)(C)C. The molecule has 4 heteroatoms. The molecule has 118 valence electrons. The lowest BCUT2D eigenvalue weighted by Gasteiger charge is -2.36. The van der Waals surface area contributed by atoms with Crippen LogP contribution in [0.25, 0.3) is 0 Å². The van der Waals surface area contributed by atoms with Gasteiger partial charge in [-0.3, -0.25) is 4.99 Å². The van der Waals surface area contributed by atoms with Crippen molar-refractivity contribution in [3.8, 4) is 6.07 Å². The average molecular weight is 307 g/mol. The topological polar surface area (TPSA) is 45.4 Å². The highest BCUT2D eigenvalue weighted by Gasteiger charge is 2.36. The Balaban J connectivity index is 3.88. The molecule has 0 aliphatic heterocycles. The van der Waals surface area contributed by atoms with Gasteiger partial charge in [-0.1, -0.05) is 39.5 Å². The van der Waals surface area contributed by atoms with Gasteiger partial charge < -0.3 is 4.43 Å². The minimum absolute atomic E-state index is 0.237. The highest BCUT2D eigenvalue weighted by atomic mass is 28.4.